The van der Waals surface area contributed by atoms with Crippen molar-refractivity contribution < 1.29 is 13.2 Å². The van der Waals surface area contributed by atoms with Crippen LogP contribution in [0.15, 0.2) is 18.2 Å². The van der Waals surface area contributed by atoms with Crippen molar-refractivity contribution in [3.8, 4) is 11.8 Å². The molecule has 0 heterocycles. The Balaban J connectivity index is 3.10. The zero-order valence-electron chi connectivity index (χ0n) is 8.31. The van der Waals surface area contributed by atoms with Gasteiger partial charge in [-0.2, -0.15) is 5.26 Å². The number of ether oxygens (including phenoxy) is 1. The monoisotopic (exact) mass is 226 g/mol. The van der Waals surface area contributed by atoms with Gasteiger partial charge in [-0.05, 0) is 18.2 Å². The number of sulfonamides is 1. The minimum absolute atomic E-state index is 0.283. The molecule has 1 aromatic carbocycles. The highest BCUT2D eigenvalue weighted by atomic mass is 32.2. The summed E-state index contributed by atoms with van der Waals surface area (Å²) in [6.45, 7) is 0. The molecule has 6 heteroatoms. The fourth-order valence-electron chi connectivity index (χ4n) is 1.07. The van der Waals surface area contributed by atoms with Gasteiger partial charge in [0.15, 0.2) is 0 Å². The summed E-state index contributed by atoms with van der Waals surface area (Å²) in [5, 5.41) is 8.77. The van der Waals surface area contributed by atoms with E-state index in [9.17, 15) is 8.42 Å². The van der Waals surface area contributed by atoms with Crippen molar-refractivity contribution in [2.75, 3.05) is 18.1 Å². The predicted octanol–water partition coefficient (Wildman–Crippen LogP) is 0.938. The Morgan fingerprint density at radius 3 is 2.60 bits per heavy atom. The minimum Gasteiger partial charge on any atom is -0.495 e. The van der Waals surface area contributed by atoms with Gasteiger partial charge in [0, 0.05) is 0 Å². The molecule has 0 amide bonds. The van der Waals surface area contributed by atoms with Gasteiger partial charge in [0.2, 0.25) is 10.0 Å². The van der Waals surface area contributed by atoms with Gasteiger partial charge in [-0.1, -0.05) is 0 Å². The molecule has 0 fully saturated rings. The molecule has 0 spiro atoms. The Hall–Kier alpha value is -1.74. The molecule has 0 radical (unpaired) electrons. The first-order valence-electron chi connectivity index (χ1n) is 4.02. The summed E-state index contributed by atoms with van der Waals surface area (Å²) in [5.41, 5.74) is 0.626. The number of hydrogen-bond donors (Lipinski definition) is 1. The van der Waals surface area contributed by atoms with Crippen LogP contribution in [0, 0.1) is 11.3 Å². The number of methoxy groups -OCH3 is 1. The molecule has 5 nitrogen and oxygen atoms in total. The van der Waals surface area contributed by atoms with Crippen LogP contribution in [0.3, 0.4) is 0 Å². The second kappa shape index (κ2) is 4.19. The third-order valence-corrected chi connectivity index (χ3v) is 2.23. The summed E-state index contributed by atoms with van der Waals surface area (Å²) in [5.74, 6) is 0.413. The number of nitrogens with one attached hydrogen (secondary N) is 1. The molecule has 0 atom stereocenters. The lowest BCUT2D eigenvalue weighted by molar-refractivity contribution is 0.413. The Labute approximate surface area is 88.3 Å². The lowest BCUT2D eigenvalue weighted by atomic mass is 10.2. The number of hydrogen-bond acceptors (Lipinski definition) is 4. The van der Waals surface area contributed by atoms with Crippen LogP contribution in [0.2, 0.25) is 0 Å². The minimum atomic E-state index is -3.32. The summed E-state index contributed by atoms with van der Waals surface area (Å²) >= 11 is 0. The van der Waals surface area contributed by atoms with Gasteiger partial charge in [-0.15, -0.1) is 0 Å². The molecule has 0 bridgehead atoms. The average Bonchev–Trinajstić information content (AvgIpc) is 2.15. The van der Waals surface area contributed by atoms with Crippen LogP contribution < -0.4 is 9.46 Å². The van der Waals surface area contributed by atoms with E-state index in [1.807, 2.05) is 6.07 Å². The third kappa shape index (κ3) is 3.14. The Morgan fingerprint density at radius 2 is 2.13 bits per heavy atom. The first kappa shape index (κ1) is 11.3. The van der Waals surface area contributed by atoms with E-state index in [-0.39, 0.29) is 5.56 Å². The molecule has 80 valence electrons. The molecule has 1 aromatic rings. The quantitative estimate of drug-likeness (QED) is 0.831. The van der Waals surface area contributed by atoms with Crippen LogP contribution in [0.1, 0.15) is 5.56 Å². The number of nitrogens with zero attached hydrogens (tertiary/aromatic N) is 1. The molecular formula is C9H10N2O3S. The van der Waals surface area contributed by atoms with Crippen LogP contribution in [0.4, 0.5) is 5.69 Å². The van der Waals surface area contributed by atoms with Crippen molar-refractivity contribution in [3.63, 3.8) is 0 Å². The average molecular weight is 226 g/mol. The Morgan fingerprint density at radius 1 is 1.47 bits per heavy atom. The second-order valence-electron chi connectivity index (χ2n) is 2.90. The van der Waals surface area contributed by atoms with Gasteiger partial charge in [0.05, 0.1) is 24.6 Å². The van der Waals surface area contributed by atoms with Crippen LogP contribution >= 0.6 is 0 Å². The smallest absolute Gasteiger partial charge is 0.229 e. The largest absolute Gasteiger partial charge is 0.495 e. The second-order valence-corrected chi connectivity index (χ2v) is 4.65. The molecule has 0 unspecified atom stereocenters. The summed E-state index contributed by atoms with van der Waals surface area (Å²) < 4.78 is 29.1. The van der Waals surface area contributed by atoms with E-state index in [2.05, 4.69) is 4.72 Å². The molecule has 0 aromatic heterocycles. The van der Waals surface area contributed by atoms with Crippen molar-refractivity contribution in [2.24, 2.45) is 0 Å². The van der Waals surface area contributed by atoms with Gasteiger partial charge >= 0.3 is 0 Å². The van der Waals surface area contributed by atoms with E-state index in [0.29, 0.717) is 11.4 Å². The van der Waals surface area contributed by atoms with Gasteiger partial charge in [0.1, 0.15) is 11.8 Å². The molecular weight excluding hydrogens is 216 g/mol. The first-order chi connectivity index (χ1) is 6.96. The van der Waals surface area contributed by atoms with Crippen LogP contribution in [0.25, 0.3) is 0 Å². The van der Waals surface area contributed by atoms with Crippen LogP contribution in [-0.4, -0.2) is 21.8 Å². The van der Waals surface area contributed by atoms with Crippen LogP contribution in [-0.2, 0) is 10.0 Å². The number of benzene rings is 1. The van der Waals surface area contributed by atoms with Crippen molar-refractivity contribution in [2.45, 2.75) is 0 Å². The van der Waals surface area contributed by atoms with Gasteiger partial charge < -0.3 is 4.74 Å². The molecule has 1 rings (SSSR count). The fourth-order valence-corrected chi connectivity index (χ4v) is 1.63. The van der Waals surface area contributed by atoms with E-state index >= 15 is 0 Å². The molecule has 0 aliphatic carbocycles. The highest BCUT2D eigenvalue weighted by molar-refractivity contribution is 7.92. The summed E-state index contributed by atoms with van der Waals surface area (Å²) in [7, 11) is -1.88. The van der Waals surface area contributed by atoms with Crippen molar-refractivity contribution in [3.05, 3.63) is 23.8 Å². The highest BCUT2D eigenvalue weighted by Gasteiger charge is 2.06. The summed E-state index contributed by atoms with van der Waals surface area (Å²) in [6, 6.07) is 6.39. The standard InChI is InChI=1S/C9H10N2O3S/c1-14-9-4-3-8(5-7(9)6-10)11-15(2,12)13/h3-5,11H,1-2H3. The first-order valence-corrected chi connectivity index (χ1v) is 5.91. The van der Waals surface area contributed by atoms with Gasteiger partial charge in [0.25, 0.3) is 0 Å². The molecule has 1 N–H and O–H groups in total. The molecule has 0 saturated carbocycles. The lowest BCUT2D eigenvalue weighted by Crippen LogP contribution is -2.09. The topological polar surface area (TPSA) is 79.2 Å². The van der Waals surface area contributed by atoms with Crippen molar-refractivity contribution >= 4 is 15.7 Å². The predicted molar refractivity (Wildman–Crippen MR) is 56.2 cm³/mol. The zero-order valence-corrected chi connectivity index (χ0v) is 9.13. The van der Waals surface area contributed by atoms with E-state index < -0.39 is 10.0 Å². The number of nitriles is 1. The van der Waals surface area contributed by atoms with Crippen molar-refractivity contribution in [1.29, 1.82) is 5.26 Å². The van der Waals surface area contributed by atoms with E-state index in [0.717, 1.165) is 6.26 Å². The molecule has 15 heavy (non-hydrogen) atoms. The third-order valence-electron chi connectivity index (χ3n) is 1.62. The maximum Gasteiger partial charge on any atom is 0.229 e. The molecule has 0 aliphatic heterocycles. The van der Waals surface area contributed by atoms with E-state index in [1.165, 1.54) is 25.3 Å². The van der Waals surface area contributed by atoms with Crippen LogP contribution in [0.5, 0.6) is 5.75 Å². The highest BCUT2D eigenvalue weighted by Crippen LogP contribution is 2.21. The summed E-state index contributed by atoms with van der Waals surface area (Å²) in [4.78, 5) is 0. The number of rotatable bonds is 3. The van der Waals surface area contributed by atoms with E-state index in [1.54, 1.807) is 0 Å². The maximum atomic E-state index is 10.9. The van der Waals surface area contributed by atoms with E-state index in [4.69, 9.17) is 10.00 Å². The molecule has 0 aliphatic rings. The summed E-state index contributed by atoms with van der Waals surface area (Å²) in [6.07, 6.45) is 1.04. The zero-order chi connectivity index (χ0) is 11.5. The van der Waals surface area contributed by atoms with Gasteiger partial charge in [-0.3, -0.25) is 4.72 Å². The number of anilines is 1. The van der Waals surface area contributed by atoms with Crippen molar-refractivity contribution in [1.82, 2.24) is 0 Å². The Bertz CT molecular complexity index is 503. The lowest BCUT2D eigenvalue weighted by Gasteiger charge is -2.06. The van der Waals surface area contributed by atoms with Gasteiger partial charge in [-0.25, -0.2) is 8.42 Å². The maximum absolute atomic E-state index is 10.9. The Kier molecular flexibility index (Phi) is 3.17. The normalized spacial score (nSPS) is 10.5. The fraction of sp³-hybridized carbons (Fsp3) is 0.222. The molecule has 0 saturated heterocycles. The SMILES string of the molecule is COc1ccc(NS(C)(=O)=O)cc1C#N.